The molecule has 1 aromatic carbocycles. The van der Waals surface area contributed by atoms with Gasteiger partial charge < -0.3 is 15.7 Å². The zero-order chi connectivity index (χ0) is 13.0. The average Bonchev–Trinajstić information content (AvgIpc) is 2.30. The van der Waals surface area contributed by atoms with Gasteiger partial charge in [0, 0.05) is 12.1 Å². The van der Waals surface area contributed by atoms with E-state index in [0.29, 0.717) is 0 Å². The zero-order valence-electron chi connectivity index (χ0n) is 8.83. The number of hydrogen-bond acceptors (Lipinski definition) is 5. The summed E-state index contributed by atoms with van der Waals surface area (Å²) in [5, 5.41) is 21.8. The van der Waals surface area contributed by atoms with Crippen molar-refractivity contribution < 1.29 is 14.9 Å². The van der Waals surface area contributed by atoms with Crippen LogP contribution in [0.5, 0.6) is 5.75 Å². The number of benzene rings is 1. The summed E-state index contributed by atoms with van der Waals surface area (Å²) in [6.07, 6.45) is -0.695. The lowest BCUT2D eigenvalue weighted by Crippen LogP contribution is -2.31. The lowest BCUT2D eigenvalue weighted by molar-refractivity contribution is -0.384. The van der Waals surface area contributed by atoms with Gasteiger partial charge in [-0.05, 0) is 13.0 Å². The number of nitro benzene ring substituents is 1. The summed E-state index contributed by atoms with van der Waals surface area (Å²) in [6, 6.07) is 3.76. The van der Waals surface area contributed by atoms with E-state index in [0.717, 1.165) is 6.07 Å². The molecule has 1 aromatic rings. The molecule has 17 heavy (non-hydrogen) atoms. The summed E-state index contributed by atoms with van der Waals surface area (Å²) in [5.41, 5.74) is 5.18. The third-order valence-electron chi connectivity index (χ3n) is 1.96. The molecule has 0 heterocycles. The van der Waals surface area contributed by atoms with Crippen LogP contribution < -0.4 is 10.5 Å². The highest BCUT2D eigenvalue weighted by Crippen LogP contribution is 2.29. The van der Waals surface area contributed by atoms with Crippen LogP contribution in [0.4, 0.5) is 5.69 Å². The fourth-order valence-corrected chi connectivity index (χ4v) is 1.25. The lowest BCUT2D eigenvalue weighted by atomic mass is 10.3. The molecule has 1 unspecified atom stereocenters. The minimum absolute atomic E-state index is 0.0804. The zero-order valence-corrected chi connectivity index (χ0v) is 9.59. The van der Waals surface area contributed by atoms with Crippen LogP contribution in [0.25, 0.3) is 0 Å². The Labute approximate surface area is 102 Å². The molecule has 0 bridgehead atoms. The van der Waals surface area contributed by atoms with Gasteiger partial charge in [0.15, 0.2) is 11.9 Å². The van der Waals surface area contributed by atoms with E-state index in [1.54, 1.807) is 6.92 Å². The minimum atomic E-state index is -0.695. The molecule has 0 saturated heterocycles. The van der Waals surface area contributed by atoms with Crippen LogP contribution in [0, 0.1) is 10.1 Å². The van der Waals surface area contributed by atoms with Crippen molar-refractivity contribution in [3.8, 4) is 5.75 Å². The van der Waals surface area contributed by atoms with Gasteiger partial charge in [-0.3, -0.25) is 10.1 Å². The third-order valence-corrected chi connectivity index (χ3v) is 2.26. The van der Waals surface area contributed by atoms with Gasteiger partial charge in [-0.15, -0.1) is 0 Å². The molecule has 0 saturated carbocycles. The number of nitrogens with two attached hydrogens (primary N) is 1. The van der Waals surface area contributed by atoms with Crippen LogP contribution >= 0.6 is 11.6 Å². The second-order valence-electron chi connectivity index (χ2n) is 3.16. The number of amidine groups is 1. The smallest absolute Gasteiger partial charge is 0.271 e. The Bertz CT molecular complexity index is 464. The van der Waals surface area contributed by atoms with Gasteiger partial charge in [-0.2, -0.15) is 0 Å². The van der Waals surface area contributed by atoms with Gasteiger partial charge >= 0.3 is 0 Å². The summed E-state index contributed by atoms with van der Waals surface area (Å²) >= 11 is 5.79. The van der Waals surface area contributed by atoms with E-state index in [2.05, 4.69) is 5.16 Å². The molecule has 1 rings (SSSR count). The predicted molar refractivity (Wildman–Crippen MR) is 61.6 cm³/mol. The van der Waals surface area contributed by atoms with Crippen molar-refractivity contribution in [1.29, 1.82) is 0 Å². The predicted octanol–water partition coefficient (Wildman–Crippen LogP) is 1.76. The second-order valence-corrected chi connectivity index (χ2v) is 3.56. The van der Waals surface area contributed by atoms with E-state index < -0.39 is 11.0 Å². The van der Waals surface area contributed by atoms with Crippen molar-refractivity contribution in [2.45, 2.75) is 13.0 Å². The molecule has 0 spiro atoms. The van der Waals surface area contributed by atoms with Gasteiger partial charge in [-0.25, -0.2) is 0 Å². The van der Waals surface area contributed by atoms with Gasteiger partial charge in [0.25, 0.3) is 5.69 Å². The number of nitrogens with zero attached hydrogens (tertiary/aromatic N) is 2. The second kappa shape index (κ2) is 5.35. The summed E-state index contributed by atoms with van der Waals surface area (Å²) in [4.78, 5) is 9.91. The molecule has 0 aliphatic heterocycles. The number of non-ortho nitro benzene ring substituents is 1. The first-order valence-corrected chi connectivity index (χ1v) is 4.91. The Morgan fingerprint density at radius 2 is 2.35 bits per heavy atom. The molecular formula is C9H10ClN3O4. The number of hydrogen-bond donors (Lipinski definition) is 2. The number of halogens is 1. The van der Waals surface area contributed by atoms with Crippen LogP contribution in [0.1, 0.15) is 6.92 Å². The van der Waals surface area contributed by atoms with Crippen LogP contribution in [-0.4, -0.2) is 22.1 Å². The van der Waals surface area contributed by atoms with Gasteiger partial charge in [0.05, 0.1) is 9.95 Å². The Kier molecular flexibility index (Phi) is 4.11. The number of nitro groups is 1. The highest BCUT2D eigenvalue weighted by Gasteiger charge is 2.14. The van der Waals surface area contributed by atoms with E-state index in [1.165, 1.54) is 12.1 Å². The standard InChI is InChI=1S/C9H10ClN3O4/c1-5(9(11)12-14)17-8-3-2-6(13(15)16)4-7(8)10/h2-5,14H,1H3,(H2,11,12). The Balaban J connectivity index is 2.90. The lowest BCUT2D eigenvalue weighted by Gasteiger charge is -2.13. The molecule has 8 heteroatoms. The fourth-order valence-electron chi connectivity index (χ4n) is 1.03. The number of oxime groups is 1. The van der Waals surface area contributed by atoms with Crippen molar-refractivity contribution >= 4 is 23.1 Å². The van der Waals surface area contributed by atoms with Crippen molar-refractivity contribution in [2.24, 2.45) is 10.9 Å². The summed E-state index contributed by atoms with van der Waals surface area (Å²) in [5.74, 6) is 0.0933. The normalized spacial score (nSPS) is 13.2. The molecule has 0 aromatic heterocycles. The maximum absolute atomic E-state index is 10.5. The Morgan fingerprint density at radius 3 is 2.82 bits per heavy atom. The van der Waals surface area contributed by atoms with Crippen LogP contribution in [0.15, 0.2) is 23.4 Å². The van der Waals surface area contributed by atoms with Crippen LogP contribution in [0.3, 0.4) is 0 Å². The molecule has 3 N–H and O–H groups in total. The summed E-state index contributed by atoms with van der Waals surface area (Å²) in [7, 11) is 0. The third kappa shape index (κ3) is 3.22. The quantitative estimate of drug-likeness (QED) is 0.281. The van der Waals surface area contributed by atoms with Gasteiger partial charge in [-0.1, -0.05) is 16.8 Å². The molecule has 0 fully saturated rings. The molecule has 0 aliphatic carbocycles. The highest BCUT2D eigenvalue weighted by atomic mass is 35.5. The molecular weight excluding hydrogens is 250 g/mol. The monoisotopic (exact) mass is 259 g/mol. The molecule has 1 atom stereocenters. The maximum Gasteiger partial charge on any atom is 0.271 e. The fraction of sp³-hybridized carbons (Fsp3) is 0.222. The van der Waals surface area contributed by atoms with Crippen LogP contribution in [0.2, 0.25) is 5.02 Å². The van der Waals surface area contributed by atoms with E-state index >= 15 is 0 Å². The minimum Gasteiger partial charge on any atom is -0.481 e. The molecule has 0 amide bonds. The molecule has 7 nitrogen and oxygen atoms in total. The summed E-state index contributed by atoms with van der Waals surface area (Å²) < 4.78 is 5.26. The van der Waals surface area contributed by atoms with E-state index in [9.17, 15) is 10.1 Å². The van der Waals surface area contributed by atoms with Crippen LogP contribution in [-0.2, 0) is 0 Å². The number of rotatable bonds is 4. The van der Waals surface area contributed by atoms with Gasteiger partial charge in [0.2, 0.25) is 0 Å². The maximum atomic E-state index is 10.5. The first-order valence-electron chi connectivity index (χ1n) is 4.53. The van der Waals surface area contributed by atoms with Gasteiger partial charge in [0.1, 0.15) is 5.75 Å². The molecule has 92 valence electrons. The van der Waals surface area contributed by atoms with E-state index in [1.807, 2.05) is 0 Å². The Hall–Kier alpha value is -2.02. The molecule has 0 aliphatic rings. The summed E-state index contributed by atoms with van der Waals surface area (Å²) in [6.45, 7) is 1.55. The number of ether oxygens (including phenoxy) is 1. The largest absolute Gasteiger partial charge is 0.481 e. The first-order chi connectivity index (χ1) is 7.95. The van der Waals surface area contributed by atoms with E-state index in [-0.39, 0.29) is 22.3 Å². The van der Waals surface area contributed by atoms with Crippen molar-refractivity contribution in [2.75, 3.05) is 0 Å². The van der Waals surface area contributed by atoms with Crippen molar-refractivity contribution in [3.05, 3.63) is 33.3 Å². The van der Waals surface area contributed by atoms with Crippen molar-refractivity contribution in [1.82, 2.24) is 0 Å². The topological polar surface area (TPSA) is 111 Å². The average molecular weight is 260 g/mol. The Morgan fingerprint density at radius 1 is 1.71 bits per heavy atom. The van der Waals surface area contributed by atoms with E-state index in [4.69, 9.17) is 27.3 Å². The highest BCUT2D eigenvalue weighted by molar-refractivity contribution is 6.32. The molecule has 0 radical (unpaired) electrons. The van der Waals surface area contributed by atoms with Crippen molar-refractivity contribution in [3.63, 3.8) is 0 Å². The first kappa shape index (κ1) is 13.0. The SMILES string of the molecule is CC(Oc1ccc([N+](=O)[O-])cc1Cl)C(N)=NO.